The molecule has 1 aromatic heterocycles. The van der Waals surface area contributed by atoms with Gasteiger partial charge in [0.2, 0.25) is 13.6 Å². The summed E-state index contributed by atoms with van der Waals surface area (Å²) in [4.78, 5) is 48.6. The predicted octanol–water partition coefficient (Wildman–Crippen LogP) is 1.13. The zero-order valence-corrected chi connectivity index (χ0v) is 22.0. The molecule has 1 N–H and O–H groups in total. The molecule has 216 valence electrons. The molecule has 2 rings (SSSR count). The molecule has 0 radical (unpaired) electrons. The van der Waals surface area contributed by atoms with E-state index in [1.54, 1.807) is 6.92 Å². The van der Waals surface area contributed by atoms with Gasteiger partial charge >= 0.3 is 25.8 Å². The van der Waals surface area contributed by atoms with E-state index in [4.69, 9.17) is 27.8 Å². The van der Waals surface area contributed by atoms with Crippen LogP contribution in [0.2, 0.25) is 0 Å². The topological polar surface area (TPSA) is 198 Å². The average Bonchev–Trinajstić information content (AvgIpc) is 3.23. The first kappa shape index (κ1) is 31.4. The van der Waals surface area contributed by atoms with Crippen LogP contribution >= 0.6 is 7.82 Å². The van der Waals surface area contributed by atoms with Crippen LogP contribution in [0.1, 0.15) is 19.6 Å². The number of ether oxygens (including phenoxy) is 7. The molecule has 1 fully saturated rings. The first-order valence-corrected chi connectivity index (χ1v) is 12.7. The predicted molar refractivity (Wildman–Crippen MR) is 123 cm³/mol. The van der Waals surface area contributed by atoms with Crippen molar-refractivity contribution < 1.29 is 60.9 Å². The monoisotopic (exact) mass is 570 g/mol. The minimum Gasteiger partial charge on any atom is -0.432 e. The number of H-pyrrole nitrogens is 1. The van der Waals surface area contributed by atoms with Crippen LogP contribution in [-0.2, 0) is 51.3 Å². The quantitative estimate of drug-likeness (QED) is 0.128. The Morgan fingerprint density at radius 2 is 1.55 bits per heavy atom. The van der Waals surface area contributed by atoms with Crippen molar-refractivity contribution in [2.45, 2.75) is 25.7 Å². The smallest absolute Gasteiger partial charge is 0.432 e. The molecular weight excluding hydrogens is 539 g/mol. The first-order valence-electron chi connectivity index (χ1n) is 11.2. The third-order valence-electron chi connectivity index (χ3n) is 4.79. The molecule has 2 heterocycles. The van der Waals surface area contributed by atoms with Gasteiger partial charge in [0.25, 0.3) is 5.56 Å². The number of phosphoric acid groups is 1. The van der Waals surface area contributed by atoms with E-state index in [1.165, 1.54) is 31.0 Å². The maximum Gasteiger partial charge on any atom is 0.510 e. The van der Waals surface area contributed by atoms with Gasteiger partial charge in [-0.3, -0.25) is 18.9 Å². The Morgan fingerprint density at radius 1 is 0.974 bits per heavy atom. The van der Waals surface area contributed by atoms with Gasteiger partial charge in [-0.15, -0.1) is 0 Å². The summed E-state index contributed by atoms with van der Waals surface area (Å²) in [6.07, 6.45) is -1.99. The number of rotatable bonds is 16. The Balaban J connectivity index is 1.93. The Kier molecular flexibility index (Phi) is 13.4. The van der Waals surface area contributed by atoms with E-state index in [0.717, 1.165) is 0 Å². The third kappa shape index (κ3) is 10.9. The molecule has 17 nitrogen and oxygen atoms in total. The SMILES string of the molecule is COCCOC(=O)OCOP(=O)(OCOC(=O)OCCOC)OC[C@@H]1C[C@H](C)[C@H](n2ccc(=O)[nH]c2=O)O1. The fourth-order valence-electron chi connectivity index (χ4n) is 3.06. The lowest BCUT2D eigenvalue weighted by Crippen LogP contribution is -2.33. The molecule has 0 aromatic carbocycles. The van der Waals surface area contributed by atoms with E-state index in [1.807, 2.05) is 0 Å². The molecule has 1 aliphatic heterocycles. The van der Waals surface area contributed by atoms with Crippen molar-refractivity contribution in [2.75, 3.05) is 60.8 Å². The van der Waals surface area contributed by atoms with Gasteiger partial charge in [0.15, 0.2) is 0 Å². The molecule has 0 unspecified atom stereocenters. The molecule has 0 amide bonds. The summed E-state index contributed by atoms with van der Waals surface area (Å²) in [7, 11) is -1.66. The van der Waals surface area contributed by atoms with Crippen molar-refractivity contribution in [2.24, 2.45) is 5.92 Å². The lowest BCUT2D eigenvalue weighted by molar-refractivity contribution is -0.0591. The molecule has 38 heavy (non-hydrogen) atoms. The average molecular weight is 570 g/mol. The number of nitrogens with zero attached hydrogens (tertiary/aromatic N) is 1. The molecule has 0 spiro atoms. The second-order valence-corrected chi connectivity index (χ2v) is 9.26. The molecule has 1 aliphatic rings. The number of hydrogen-bond acceptors (Lipinski definition) is 15. The van der Waals surface area contributed by atoms with Crippen LogP contribution < -0.4 is 11.2 Å². The second kappa shape index (κ2) is 16.2. The fourth-order valence-corrected chi connectivity index (χ4v) is 3.99. The minimum atomic E-state index is -4.49. The zero-order valence-electron chi connectivity index (χ0n) is 21.1. The summed E-state index contributed by atoms with van der Waals surface area (Å²) in [5, 5.41) is 0. The molecule has 0 bridgehead atoms. The van der Waals surface area contributed by atoms with E-state index in [0.29, 0.717) is 6.42 Å². The number of aromatic nitrogens is 2. The second-order valence-electron chi connectivity index (χ2n) is 7.59. The maximum absolute atomic E-state index is 13.1. The van der Waals surface area contributed by atoms with E-state index < -0.39 is 57.3 Å². The third-order valence-corrected chi connectivity index (χ3v) is 6.10. The minimum absolute atomic E-state index is 0.0875. The largest absolute Gasteiger partial charge is 0.510 e. The summed E-state index contributed by atoms with van der Waals surface area (Å²) in [5.74, 6) is -0.191. The molecule has 0 saturated carbocycles. The van der Waals surface area contributed by atoms with Crippen molar-refractivity contribution in [3.05, 3.63) is 33.1 Å². The number of methoxy groups -OCH3 is 2. The van der Waals surface area contributed by atoms with Crippen molar-refractivity contribution in [1.29, 1.82) is 0 Å². The zero-order chi connectivity index (χ0) is 28.0. The standard InChI is InChI=1S/C20H31N2O15P/c1-14-10-15(37-17(14)22-5-4-16(23)21-18(22)24)11-34-38(27,35-12-32-19(25)30-8-6-28-2)36-13-33-20(26)31-9-7-29-3/h4-5,14-15,17H,6-13H2,1-3H3,(H,21,23,24)/t14-,15-,17+/m0/s1. The molecule has 18 heteroatoms. The van der Waals surface area contributed by atoms with E-state index in [-0.39, 0.29) is 39.0 Å². The van der Waals surface area contributed by atoms with Gasteiger partial charge in [-0.05, 0) is 6.42 Å². The number of nitrogens with one attached hydrogen (secondary N) is 1. The van der Waals surface area contributed by atoms with Gasteiger partial charge in [-0.25, -0.2) is 28.0 Å². The van der Waals surface area contributed by atoms with Gasteiger partial charge in [0.05, 0.1) is 25.9 Å². The van der Waals surface area contributed by atoms with Crippen molar-refractivity contribution in [1.82, 2.24) is 9.55 Å². The van der Waals surface area contributed by atoms with Crippen LogP contribution in [0.5, 0.6) is 0 Å². The summed E-state index contributed by atoms with van der Waals surface area (Å²) >= 11 is 0. The summed E-state index contributed by atoms with van der Waals surface area (Å²) in [5.41, 5.74) is -1.21. The molecule has 3 atom stereocenters. The van der Waals surface area contributed by atoms with Gasteiger partial charge in [-0.1, -0.05) is 6.92 Å². The number of carbonyl (C=O) groups is 2. The molecule has 0 aliphatic carbocycles. The van der Waals surface area contributed by atoms with E-state index >= 15 is 0 Å². The Bertz CT molecular complexity index is 1010. The first-order chi connectivity index (χ1) is 18.2. The Morgan fingerprint density at radius 3 is 2.08 bits per heavy atom. The highest BCUT2D eigenvalue weighted by Gasteiger charge is 2.37. The lowest BCUT2D eigenvalue weighted by atomic mass is 10.1. The van der Waals surface area contributed by atoms with Crippen LogP contribution in [0.25, 0.3) is 0 Å². The summed E-state index contributed by atoms with van der Waals surface area (Å²) < 4.78 is 63.4. The van der Waals surface area contributed by atoms with Gasteiger partial charge in [-0.2, -0.15) is 0 Å². The van der Waals surface area contributed by atoms with E-state index in [9.17, 15) is 23.7 Å². The summed E-state index contributed by atoms with van der Waals surface area (Å²) in [6.45, 7) is -0.231. The number of hydrogen-bond donors (Lipinski definition) is 1. The van der Waals surface area contributed by atoms with Gasteiger partial charge < -0.3 is 33.2 Å². The molecule has 1 saturated heterocycles. The number of carbonyl (C=O) groups excluding carboxylic acids is 2. The summed E-state index contributed by atoms with van der Waals surface area (Å²) in [6, 6.07) is 1.18. The van der Waals surface area contributed by atoms with Gasteiger partial charge in [0.1, 0.15) is 19.4 Å². The molecular formula is C20H31N2O15P. The lowest BCUT2D eigenvalue weighted by Gasteiger charge is -2.20. The van der Waals surface area contributed by atoms with E-state index in [2.05, 4.69) is 23.9 Å². The fraction of sp³-hybridized carbons (Fsp3) is 0.700. The van der Waals surface area contributed by atoms with Crippen LogP contribution in [0.3, 0.4) is 0 Å². The van der Waals surface area contributed by atoms with Crippen molar-refractivity contribution >= 4 is 20.1 Å². The highest BCUT2D eigenvalue weighted by Crippen LogP contribution is 2.50. The van der Waals surface area contributed by atoms with Crippen LogP contribution in [0.4, 0.5) is 9.59 Å². The highest BCUT2D eigenvalue weighted by atomic mass is 31.2. The normalized spacial score (nSPS) is 19.2. The van der Waals surface area contributed by atoms with Gasteiger partial charge in [0, 0.05) is 32.4 Å². The Hall–Kier alpha value is -2.79. The van der Waals surface area contributed by atoms with Crippen molar-refractivity contribution in [3.63, 3.8) is 0 Å². The highest BCUT2D eigenvalue weighted by molar-refractivity contribution is 7.48. The molecule has 1 aromatic rings. The number of phosphoric ester groups is 1. The maximum atomic E-state index is 13.1. The van der Waals surface area contributed by atoms with Crippen LogP contribution in [0, 0.1) is 5.92 Å². The van der Waals surface area contributed by atoms with Crippen LogP contribution in [-0.4, -0.2) is 88.8 Å². The number of aromatic amines is 1. The Labute approximate surface area is 216 Å². The van der Waals surface area contributed by atoms with Crippen LogP contribution in [0.15, 0.2) is 21.9 Å². The van der Waals surface area contributed by atoms with Crippen molar-refractivity contribution in [3.8, 4) is 0 Å².